The summed E-state index contributed by atoms with van der Waals surface area (Å²) in [6, 6.07) is 4.99. The van der Waals surface area contributed by atoms with E-state index in [1.807, 2.05) is 22.7 Å². The Kier molecular flexibility index (Phi) is 3.36. The molecule has 0 bridgehead atoms. The molecular weight excluding hydrogens is 328 g/mol. The zero-order valence-corrected chi connectivity index (χ0v) is 17.8. The molecule has 2 aromatic heterocycles. The van der Waals surface area contributed by atoms with Gasteiger partial charge in [-0.05, 0) is 46.2 Å². The first-order chi connectivity index (χ1) is 11.1. The third-order valence-corrected chi connectivity index (χ3v) is 8.85. The molecule has 0 N–H and O–H groups in total. The van der Waals surface area contributed by atoms with Crippen molar-refractivity contribution >= 4 is 33.8 Å². The highest BCUT2D eigenvalue weighted by Gasteiger charge is 2.51. The van der Waals surface area contributed by atoms with Crippen molar-refractivity contribution in [3.05, 3.63) is 42.8 Å². The maximum Gasteiger partial charge on any atom is 0.0358 e. The van der Waals surface area contributed by atoms with Crippen LogP contribution in [-0.4, -0.2) is 0 Å². The Labute approximate surface area is 154 Å². The van der Waals surface area contributed by atoms with Crippen LogP contribution in [-0.2, 0) is 10.8 Å². The van der Waals surface area contributed by atoms with Crippen LogP contribution in [0, 0.1) is 0 Å². The van der Waals surface area contributed by atoms with Crippen molar-refractivity contribution in [2.24, 2.45) is 0 Å². The van der Waals surface area contributed by atoms with Crippen LogP contribution in [0.1, 0.15) is 97.9 Å². The van der Waals surface area contributed by atoms with Crippen molar-refractivity contribution in [3.8, 4) is 0 Å². The van der Waals surface area contributed by atoms with Gasteiger partial charge in [0.1, 0.15) is 0 Å². The largest absolute Gasteiger partial charge is 0.140 e. The van der Waals surface area contributed by atoms with Crippen molar-refractivity contribution in [2.45, 2.75) is 78.1 Å². The standard InChI is InChI=1S/C22H28S2/c1-11(2)15-9-13-19(23-15)17-18(21(13,5)6)20-14(22(17,7)8)10-16(24-20)12(3)4/h9-12H,1-8H3. The molecular formula is C22H28S2. The molecule has 0 aromatic carbocycles. The fraction of sp³-hybridized carbons (Fsp3) is 0.545. The van der Waals surface area contributed by atoms with Gasteiger partial charge in [0.25, 0.3) is 0 Å². The summed E-state index contributed by atoms with van der Waals surface area (Å²) in [5, 5.41) is 0. The summed E-state index contributed by atoms with van der Waals surface area (Å²) in [5.41, 5.74) is 6.65. The van der Waals surface area contributed by atoms with E-state index in [1.54, 1.807) is 32.0 Å². The van der Waals surface area contributed by atoms with E-state index < -0.39 is 0 Å². The van der Waals surface area contributed by atoms with E-state index >= 15 is 0 Å². The van der Waals surface area contributed by atoms with Gasteiger partial charge in [0.05, 0.1) is 0 Å². The molecule has 0 amide bonds. The Bertz CT molecular complexity index is 794. The Hall–Kier alpha value is -0.860. The van der Waals surface area contributed by atoms with Gasteiger partial charge in [0, 0.05) is 30.3 Å². The second kappa shape index (κ2) is 4.86. The van der Waals surface area contributed by atoms with E-state index in [0.717, 1.165) is 0 Å². The molecule has 2 heterocycles. The molecule has 0 nitrogen and oxygen atoms in total. The lowest BCUT2D eigenvalue weighted by Crippen LogP contribution is -2.16. The number of thiophene rings is 2. The van der Waals surface area contributed by atoms with Crippen molar-refractivity contribution in [2.75, 3.05) is 0 Å². The van der Waals surface area contributed by atoms with Crippen molar-refractivity contribution < 1.29 is 0 Å². The van der Waals surface area contributed by atoms with Crippen molar-refractivity contribution in [3.63, 3.8) is 0 Å². The number of fused-ring (bicyclic) bond motifs is 4. The van der Waals surface area contributed by atoms with Gasteiger partial charge in [0.2, 0.25) is 0 Å². The van der Waals surface area contributed by atoms with Gasteiger partial charge in [-0.3, -0.25) is 0 Å². The molecule has 0 radical (unpaired) electrons. The number of hydrogen-bond donors (Lipinski definition) is 0. The Morgan fingerprint density at radius 1 is 0.667 bits per heavy atom. The van der Waals surface area contributed by atoms with Crippen LogP contribution in [0.25, 0.3) is 11.1 Å². The van der Waals surface area contributed by atoms with Crippen molar-refractivity contribution in [1.29, 1.82) is 0 Å². The average Bonchev–Trinajstić information content (AvgIpc) is 3.14. The van der Waals surface area contributed by atoms with Crippen LogP contribution in [0.15, 0.2) is 12.1 Å². The van der Waals surface area contributed by atoms with E-state index in [-0.39, 0.29) is 10.8 Å². The fourth-order valence-corrected chi connectivity index (χ4v) is 7.44. The van der Waals surface area contributed by atoms with Gasteiger partial charge in [-0.15, -0.1) is 22.7 Å². The molecule has 2 aromatic rings. The topological polar surface area (TPSA) is 0 Å². The van der Waals surface area contributed by atoms with Crippen LogP contribution in [0.4, 0.5) is 0 Å². The van der Waals surface area contributed by atoms with Crippen LogP contribution >= 0.6 is 22.7 Å². The minimum Gasteiger partial charge on any atom is -0.140 e. The van der Waals surface area contributed by atoms with E-state index in [1.165, 1.54) is 9.75 Å². The Morgan fingerprint density at radius 2 is 1.00 bits per heavy atom. The van der Waals surface area contributed by atoms with E-state index in [4.69, 9.17) is 0 Å². The summed E-state index contributed by atoms with van der Waals surface area (Å²) in [6.07, 6.45) is 0. The lowest BCUT2D eigenvalue weighted by atomic mass is 9.80. The summed E-state index contributed by atoms with van der Waals surface area (Å²) in [6.45, 7) is 19.0. The molecule has 0 unspecified atom stereocenters. The molecule has 0 saturated heterocycles. The van der Waals surface area contributed by atoms with E-state index in [2.05, 4.69) is 67.5 Å². The van der Waals surface area contributed by atoms with E-state index in [0.29, 0.717) is 11.8 Å². The maximum absolute atomic E-state index is 2.50. The predicted molar refractivity (Wildman–Crippen MR) is 110 cm³/mol. The highest BCUT2D eigenvalue weighted by atomic mass is 32.1. The smallest absolute Gasteiger partial charge is 0.0358 e. The highest BCUT2D eigenvalue weighted by Crippen LogP contribution is 2.66. The number of allylic oxidation sites excluding steroid dienone is 2. The van der Waals surface area contributed by atoms with Crippen LogP contribution in [0.2, 0.25) is 0 Å². The Balaban J connectivity index is 1.99. The summed E-state index contributed by atoms with van der Waals surface area (Å²) in [4.78, 5) is 6.21. The zero-order chi connectivity index (χ0) is 17.6. The molecule has 0 saturated carbocycles. The highest BCUT2D eigenvalue weighted by molar-refractivity contribution is 7.15. The first-order valence-corrected chi connectivity index (χ1v) is 10.7. The average molecular weight is 357 g/mol. The minimum absolute atomic E-state index is 0.135. The Morgan fingerprint density at radius 3 is 1.29 bits per heavy atom. The summed E-state index contributed by atoms with van der Waals surface area (Å²) < 4.78 is 0. The normalized spacial score (nSPS) is 20.1. The summed E-state index contributed by atoms with van der Waals surface area (Å²) >= 11 is 4.08. The summed E-state index contributed by atoms with van der Waals surface area (Å²) in [7, 11) is 0. The molecule has 24 heavy (non-hydrogen) atoms. The number of hydrogen-bond acceptors (Lipinski definition) is 2. The maximum atomic E-state index is 2.50. The van der Waals surface area contributed by atoms with E-state index in [9.17, 15) is 0 Å². The molecule has 2 aliphatic carbocycles. The van der Waals surface area contributed by atoms with Crippen LogP contribution in [0.5, 0.6) is 0 Å². The van der Waals surface area contributed by atoms with Gasteiger partial charge in [-0.2, -0.15) is 0 Å². The molecule has 2 heteroatoms. The molecule has 0 spiro atoms. The molecule has 0 atom stereocenters. The second-order valence-corrected chi connectivity index (χ2v) is 11.3. The van der Waals surface area contributed by atoms with Gasteiger partial charge < -0.3 is 0 Å². The predicted octanol–water partition coefficient (Wildman–Crippen LogP) is 7.55. The SMILES string of the molecule is CC(C)c1cc2c(s1)C1=C(c3sc(C(C)C)cc3C1(C)C)C2(C)C. The first kappa shape index (κ1) is 16.6. The van der Waals surface area contributed by atoms with Crippen molar-refractivity contribution in [1.82, 2.24) is 0 Å². The molecule has 0 aliphatic heterocycles. The molecule has 4 rings (SSSR count). The van der Waals surface area contributed by atoms with Gasteiger partial charge in [-0.25, -0.2) is 0 Å². The fourth-order valence-electron chi connectivity index (χ4n) is 4.38. The lowest BCUT2D eigenvalue weighted by molar-refractivity contribution is 0.701. The molecule has 0 fully saturated rings. The number of rotatable bonds is 2. The third-order valence-electron chi connectivity index (χ3n) is 5.94. The van der Waals surface area contributed by atoms with Crippen LogP contribution < -0.4 is 0 Å². The quantitative estimate of drug-likeness (QED) is 0.521. The summed E-state index contributed by atoms with van der Waals surface area (Å²) in [5.74, 6) is 1.23. The minimum atomic E-state index is 0.135. The monoisotopic (exact) mass is 356 g/mol. The molecule has 128 valence electrons. The van der Waals surface area contributed by atoms with Gasteiger partial charge >= 0.3 is 0 Å². The third kappa shape index (κ3) is 1.90. The van der Waals surface area contributed by atoms with Gasteiger partial charge in [-0.1, -0.05) is 55.4 Å². The first-order valence-electron chi connectivity index (χ1n) is 9.11. The zero-order valence-electron chi connectivity index (χ0n) is 16.1. The van der Waals surface area contributed by atoms with Crippen LogP contribution in [0.3, 0.4) is 0 Å². The lowest BCUT2D eigenvalue weighted by Gasteiger charge is -2.23. The second-order valence-electron chi connectivity index (χ2n) is 9.09. The molecule has 2 aliphatic rings. The van der Waals surface area contributed by atoms with Gasteiger partial charge in [0.15, 0.2) is 0 Å².